The molecule has 0 aromatic heterocycles. The molecule has 0 atom stereocenters. The standard InChI is InChI=1S/C17H25ClN2O2/c1-20(12-14-11-15(18)4-5-16(14)22-2)17(21)6-3-13-7-9-19-10-8-13/h4-5,11,13,19H,3,6-10,12H2,1-2H3. The molecule has 1 heterocycles. The van der Waals surface area contributed by atoms with Gasteiger partial charge in [-0.2, -0.15) is 0 Å². The maximum Gasteiger partial charge on any atom is 0.222 e. The van der Waals surface area contributed by atoms with Crippen molar-refractivity contribution in [1.29, 1.82) is 0 Å². The third-order valence-electron chi connectivity index (χ3n) is 4.30. The number of nitrogens with zero attached hydrogens (tertiary/aromatic N) is 1. The van der Waals surface area contributed by atoms with Crippen molar-refractivity contribution in [1.82, 2.24) is 10.2 Å². The minimum absolute atomic E-state index is 0.181. The highest BCUT2D eigenvalue weighted by Gasteiger charge is 2.17. The van der Waals surface area contributed by atoms with Gasteiger partial charge in [0.25, 0.3) is 0 Å². The average molecular weight is 325 g/mol. The van der Waals surface area contributed by atoms with Gasteiger partial charge in [0.15, 0.2) is 0 Å². The quantitative estimate of drug-likeness (QED) is 0.874. The van der Waals surface area contributed by atoms with Crippen molar-refractivity contribution in [2.24, 2.45) is 5.92 Å². The van der Waals surface area contributed by atoms with E-state index in [2.05, 4.69) is 5.32 Å². The summed E-state index contributed by atoms with van der Waals surface area (Å²) in [6, 6.07) is 5.49. The first-order valence-electron chi connectivity index (χ1n) is 7.87. The molecular weight excluding hydrogens is 300 g/mol. The molecular formula is C17H25ClN2O2. The van der Waals surface area contributed by atoms with Gasteiger partial charge >= 0.3 is 0 Å². The lowest BCUT2D eigenvalue weighted by Gasteiger charge is -2.24. The predicted octanol–water partition coefficient (Wildman–Crippen LogP) is 3.09. The number of hydrogen-bond donors (Lipinski definition) is 1. The number of methoxy groups -OCH3 is 1. The molecule has 1 aromatic carbocycles. The van der Waals surface area contributed by atoms with E-state index in [0.717, 1.165) is 30.8 Å². The van der Waals surface area contributed by atoms with E-state index in [0.29, 0.717) is 23.9 Å². The summed E-state index contributed by atoms with van der Waals surface area (Å²) in [7, 11) is 3.47. The van der Waals surface area contributed by atoms with Crippen LogP contribution >= 0.6 is 11.6 Å². The van der Waals surface area contributed by atoms with Gasteiger partial charge in [0, 0.05) is 30.6 Å². The van der Waals surface area contributed by atoms with E-state index in [9.17, 15) is 4.79 Å². The summed E-state index contributed by atoms with van der Waals surface area (Å²) in [6.45, 7) is 2.68. The Morgan fingerprint density at radius 1 is 1.41 bits per heavy atom. The Kier molecular flexibility index (Phi) is 6.52. The topological polar surface area (TPSA) is 41.6 Å². The lowest BCUT2D eigenvalue weighted by atomic mass is 9.93. The Hall–Kier alpha value is -1.26. The number of benzene rings is 1. The molecule has 1 fully saturated rings. The van der Waals surface area contributed by atoms with Crippen LogP contribution in [0.4, 0.5) is 0 Å². The molecule has 4 nitrogen and oxygen atoms in total. The minimum atomic E-state index is 0.181. The zero-order valence-corrected chi connectivity index (χ0v) is 14.2. The molecule has 2 rings (SSSR count). The Labute approximate surface area is 137 Å². The molecule has 1 saturated heterocycles. The molecule has 0 unspecified atom stereocenters. The van der Waals surface area contributed by atoms with Crippen LogP contribution in [0, 0.1) is 5.92 Å². The highest BCUT2D eigenvalue weighted by Crippen LogP contribution is 2.24. The average Bonchev–Trinajstić information content (AvgIpc) is 2.53. The summed E-state index contributed by atoms with van der Waals surface area (Å²) in [5, 5.41) is 4.01. The largest absolute Gasteiger partial charge is 0.496 e. The molecule has 0 saturated carbocycles. The molecule has 1 aliphatic heterocycles. The number of amides is 1. The van der Waals surface area contributed by atoms with E-state index < -0.39 is 0 Å². The summed E-state index contributed by atoms with van der Waals surface area (Å²) >= 11 is 6.03. The highest BCUT2D eigenvalue weighted by atomic mass is 35.5. The molecule has 0 bridgehead atoms. The molecule has 1 aliphatic rings. The van der Waals surface area contributed by atoms with Crippen LogP contribution in [0.2, 0.25) is 5.02 Å². The van der Waals surface area contributed by atoms with Crippen LogP contribution < -0.4 is 10.1 Å². The van der Waals surface area contributed by atoms with Gasteiger partial charge in [-0.25, -0.2) is 0 Å². The molecule has 122 valence electrons. The van der Waals surface area contributed by atoms with Gasteiger partial charge in [0.1, 0.15) is 5.75 Å². The van der Waals surface area contributed by atoms with Gasteiger partial charge in [-0.15, -0.1) is 0 Å². The normalized spacial score (nSPS) is 15.6. The van der Waals surface area contributed by atoms with Crippen LogP contribution in [-0.2, 0) is 11.3 Å². The third kappa shape index (κ3) is 4.89. The molecule has 22 heavy (non-hydrogen) atoms. The maximum atomic E-state index is 12.3. The first-order chi connectivity index (χ1) is 10.6. The number of carbonyl (C=O) groups is 1. The fraction of sp³-hybridized carbons (Fsp3) is 0.588. The van der Waals surface area contributed by atoms with Crippen molar-refractivity contribution in [3.63, 3.8) is 0 Å². The zero-order valence-electron chi connectivity index (χ0n) is 13.4. The first-order valence-corrected chi connectivity index (χ1v) is 8.25. The molecule has 0 radical (unpaired) electrons. The van der Waals surface area contributed by atoms with E-state index in [1.165, 1.54) is 12.8 Å². The van der Waals surface area contributed by atoms with E-state index in [4.69, 9.17) is 16.3 Å². The lowest BCUT2D eigenvalue weighted by molar-refractivity contribution is -0.130. The third-order valence-corrected chi connectivity index (χ3v) is 4.54. The number of hydrogen-bond acceptors (Lipinski definition) is 3. The fourth-order valence-corrected chi connectivity index (χ4v) is 3.10. The summed E-state index contributed by atoms with van der Waals surface area (Å²) < 4.78 is 5.33. The van der Waals surface area contributed by atoms with Crippen molar-refractivity contribution < 1.29 is 9.53 Å². The van der Waals surface area contributed by atoms with Crippen molar-refractivity contribution in [2.45, 2.75) is 32.2 Å². The van der Waals surface area contributed by atoms with E-state index in [1.807, 2.05) is 19.2 Å². The van der Waals surface area contributed by atoms with Crippen molar-refractivity contribution in [3.8, 4) is 5.75 Å². The second kappa shape index (κ2) is 8.39. The number of halogens is 1. The van der Waals surface area contributed by atoms with Gasteiger partial charge in [-0.1, -0.05) is 11.6 Å². The SMILES string of the molecule is COc1ccc(Cl)cc1CN(C)C(=O)CCC1CCNCC1. The Morgan fingerprint density at radius 2 is 2.14 bits per heavy atom. The van der Waals surface area contributed by atoms with E-state index in [-0.39, 0.29) is 5.91 Å². The summed E-state index contributed by atoms with van der Waals surface area (Å²) in [5.74, 6) is 1.63. The lowest BCUT2D eigenvalue weighted by Crippen LogP contribution is -2.30. The van der Waals surface area contributed by atoms with Crippen LogP contribution in [0.15, 0.2) is 18.2 Å². The maximum absolute atomic E-state index is 12.3. The second-order valence-corrected chi connectivity index (χ2v) is 6.37. The Morgan fingerprint density at radius 3 is 2.82 bits per heavy atom. The van der Waals surface area contributed by atoms with E-state index >= 15 is 0 Å². The molecule has 5 heteroatoms. The van der Waals surface area contributed by atoms with Gasteiger partial charge in [-0.05, 0) is 56.5 Å². The summed E-state index contributed by atoms with van der Waals surface area (Å²) in [5.41, 5.74) is 0.938. The van der Waals surface area contributed by atoms with Crippen LogP contribution in [-0.4, -0.2) is 38.1 Å². The number of rotatable bonds is 6. The first kappa shape index (κ1) is 17.1. The highest BCUT2D eigenvalue weighted by molar-refractivity contribution is 6.30. The Balaban J connectivity index is 1.86. The molecule has 0 aliphatic carbocycles. The van der Waals surface area contributed by atoms with Crippen molar-refractivity contribution in [2.75, 3.05) is 27.2 Å². The number of ether oxygens (including phenoxy) is 1. The van der Waals surface area contributed by atoms with Crippen LogP contribution in [0.1, 0.15) is 31.2 Å². The molecule has 1 aromatic rings. The molecule has 0 spiro atoms. The van der Waals surface area contributed by atoms with Gasteiger partial charge in [-0.3, -0.25) is 4.79 Å². The Bertz CT molecular complexity index is 501. The molecule has 1 amide bonds. The van der Waals surface area contributed by atoms with Crippen molar-refractivity contribution in [3.05, 3.63) is 28.8 Å². The van der Waals surface area contributed by atoms with Gasteiger partial charge < -0.3 is 15.0 Å². The number of nitrogens with one attached hydrogen (secondary N) is 1. The van der Waals surface area contributed by atoms with Crippen LogP contribution in [0.3, 0.4) is 0 Å². The fourth-order valence-electron chi connectivity index (χ4n) is 2.90. The van der Waals surface area contributed by atoms with Gasteiger partial charge in [0.05, 0.1) is 7.11 Å². The van der Waals surface area contributed by atoms with Gasteiger partial charge in [0.2, 0.25) is 5.91 Å². The number of carbonyl (C=O) groups excluding carboxylic acids is 1. The van der Waals surface area contributed by atoms with Crippen LogP contribution in [0.5, 0.6) is 5.75 Å². The minimum Gasteiger partial charge on any atom is -0.496 e. The number of piperidine rings is 1. The molecule has 1 N–H and O–H groups in total. The smallest absolute Gasteiger partial charge is 0.222 e. The second-order valence-electron chi connectivity index (χ2n) is 5.94. The zero-order chi connectivity index (χ0) is 15.9. The van der Waals surface area contributed by atoms with Crippen LogP contribution in [0.25, 0.3) is 0 Å². The van der Waals surface area contributed by atoms with Crippen molar-refractivity contribution >= 4 is 17.5 Å². The monoisotopic (exact) mass is 324 g/mol. The van der Waals surface area contributed by atoms with E-state index in [1.54, 1.807) is 18.1 Å². The summed E-state index contributed by atoms with van der Waals surface area (Å²) in [4.78, 5) is 14.1. The predicted molar refractivity (Wildman–Crippen MR) is 89.3 cm³/mol. The summed E-state index contributed by atoms with van der Waals surface area (Å²) in [6.07, 6.45) is 3.96.